The minimum absolute atomic E-state index is 0.249. The molecule has 1 aliphatic rings. The lowest BCUT2D eigenvalue weighted by Crippen LogP contribution is -2.45. The Bertz CT molecular complexity index is 435. The molecule has 1 aromatic carbocycles. The van der Waals surface area contributed by atoms with Crippen LogP contribution in [-0.2, 0) is 6.42 Å². The van der Waals surface area contributed by atoms with E-state index in [2.05, 4.69) is 36.2 Å². The van der Waals surface area contributed by atoms with Gasteiger partial charge in [-0.15, -0.1) is 0 Å². The van der Waals surface area contributed by atoms with Crippen LogP contribution in [0.2, 0.25) is 0 Å². The molecule has 0 bridgehead atoms. The predicted octanol–water partition coefficient (Wildman–Crippen LogP) is 2.90. The van der Waals surface area contributed by atoms with Gasteiger partial charge in [0.1, 0.15) is 0 Å². The van der Waals surface area contributed by atoms with Crippen molar-refractivity contribution >= 4 is 5.78 Å². The molecule has 3 nitrogen and oxygen atoms in total. The van der Waals surface area contributed by atoms with Crippen LogP contribution in [-0.4, -0.2) is 42.9 Å². The van der Waals surface area contributed by atoms with E-state index in [1.165, 1.54) is 5.56 Å². The molecule has 1 saturated heterocycles. The van der Waals surface area contributed by atoms with Crippen molar-refractivity contribution < 1.29 is 4.79 Å². The van der Waals surface area contributed by atoms with Gasteiger partial charge in [-0.1, -0.05) is 44.5 Å². The maximum atomic E-state index is 12.5. The lowest BCUT2D eigenvalue weighted by molar-refractivity contribution is 0.0874. The number of hydrogen-bond acceptors (Lipinski definition) is 3. The number of carbonyl (C=O) groups is 1. The summed E-state index contributed by atoms with van der Waals surface area (Å²) in [7, 11) is 0. The third-order valence-corrected chi connectivity index (χ3v) is 4.39. The summed E-state index contributed by atoms with van der Waals surface area (Å²) in [6, 6.07) is 8.72. The van der Waals surface area contributed by atoms with Gasteiger partial charge in [0.15, 0.2) is 5.78 Å². The standard InChI is InChI=1S/C18H28N2O/c1-3-5-15-6-8-16(9-7-15)18(21)14-20(4-2)17-10-12-19-13-11-17/h6-9,17,19H,3-5,10-14H2,1-2H3. The number of aryl methyl sites for hydroxylation is 1. The molecule has 0 atom stereocenters. The molecule has 0 amide bonds. The molecule has 1 N–H and O–H groups in total. The normalized spacial score (nSPS) is 16.3. The van der Waals surface area contributed by atoms with E-state index in [1.54, 1.807) is 0 Å². The van der Waals surface area contributed by atoms with E-state index in [1.807, 2.05) is 12.1 Å². The van der Waals surface area contributed by atoms with Gasteiger partial charge in [0.05, 0.1) is 6.54 Å². The fourth-order valence-corrected chi connectivity index (χ4v) is 3.09. The number of piperidine rings is 1. The number of Topliss-reactive ketones (excluding diaryl/α,β-unsaturated/α-hetero) is 1. The molecule has 1 aliphatic heterocycles. The molecule has 0 radical (unpaired) electrons. The van der Waals surface area contributed by atoms with E-state index in [-0.39, 0.29) is 5.78 Å². The first-order chi connectivity index (χ1) is 10.2. The SMILES string of the molecule is CCCc1ccc(C(=O)CN(CC)C2CCNCC2)cc1. The molecule has 1 fully saturated rings. The highest BCUT2D eigenvalue weighted by Crippen LogP contribution is 2.13. The Morgan fingerprint density at radius 1 is 1.19 bits per heavy atom. The van der Waals surface area contributed by atoms with Gasteiger partial charge in [-0.2, -0.15) is 0 Å². The molecule has 116 valence electrons. The zero-order valence-corrected chi connectivity index (χ0v) is 13.4. The van der Waals surface area contributed by atoms with E-state index >= 15 is 0 Å². The number of carbonyl (C=O) groups excluding carboxylic acids is 1. The number of nitrogens with zero attached hydrogens (tertiary/aromatic N) is 1. The van der Waals surface area contributed by atoms with Gasteiger partial charge >= 0.3 is 0 Å². The summed E-state index contributed by atoms with van der Waals surface area (Å²) in [5, 5.41) is 3.39. The molecule has 3 heteroatoms. The van der Waals surface area contributed by atoms with Crippen molar-refractivity contribution in [2.75, 3.05) is 26.2 Å². The van der Waals surface area contributed by atoms with Crippen molar-refractivity contribution in [1.29, 1.82) is 0 Å². The number of rotatable bonds is 7. The van der Waals surface area contributed by atoms with Crippen molar-refractivity contribution in [2.24, 2.45) is 0 Å². The van der Waals surface area contributed by atoms with Crippen molar-refractivity contribution in [3.8, 4) is 0 Å². The average molecular weight is 288 g/mol. The fraction of sp³-hybridized carbons (Fsp3) is 0.611. The highest BCUT2D eigenvalue weighted by Gasteiger charge is 2.21. The summed E-state index contributed by atoms with van der Waals surface area (Å²) in [5.41, 5.74) is 2.17. The lowest BCUT2D eigenvalue weighted by Gasteiger charge is -2.33. The van der Waals surface area contributed by atoms with Gasteiger partial charge in [0, 0.05) is 11.6 Å². The monoisotopic (exact) mass is 288 g/mol. The van der Waals surface area contributed by atoms with Crippen LogP contribution < -0.4 is 5.32 Å². The Labute approximate surface area is 128 Å². The smallest absolute Gasteiger partial charge is 0.176 e. The average Bonchev–Trinajstić information content (AvgIpc) is 2.54. The summed E-state index contributed by atoms with van der Waals surface area (Å²) in [5.74, 6) is 0.249. The highest BCUT2D eigenvalue weighted by atomic mass is 16.1. The van der Waals surface area contributed by atoms with Gasteiger partial charge in [-0.25, -0.2) is 0 Å². The van der Waals surface area contributed by atoms with Crippen LogP contribution in [0.15, 0.2) is 24.3 Å². The maximum absolute atomic E-state index is 12.5. The first-order valence-corrected chi connectivity index (χ1v) is 8.31. The summed E-state index contributed by atoms with van der Waals surface area (Å²) >= 11 is 0. The Balaban J connectivity index is 1.94. The third-order valence-electron chi connectivity index (χ3n) is 4.39. The first-order valence-electron chi connectivity index (χ1n) is 8.31. The number of hydrogen-bond donors (Lipinski definition) is 1. The minimum atomic E-state index is 0.249. The molecule has 0 aromatic heterocycles. The number of benzene rings is 1. The first kappa shape index (κ1) is 16.2. The third kappa shape index (κ3) is 4.65. The molecule has 0 spiro atoms. The topological polar surface area (TPSA) is 32.3 Å². The van der Waals surface area contributed by atoms with E-state index in [0.29, 0.717) is 12.6 Å². The predicted molar refractivity (Wildman–Crippen MR) is 87.9 cm³/mol. The van der Waals surface area contributed by atoms with E-state index in [0.717, 1.165) is 50.9 Å². The van der Waals surface area contributed by atoms with Crippen LogP contribution in [0.1, 0.15) is 49.0 Å². The number of likely N-dealkylation sites (N-methyl/N-ethyl adjacent to an activating group) is 1. The molecular weight excluding hydrogens is 260 g/mol. The van der Waals surface area contributed by atoms with Crippen LogP contribution in [0.25, 0.3) is 0 Å². The molecule has 1 heterocycles. The van der Waals surface area contributed by atoms with Gasteiger partial charge < -0.3 is 5.32 Å². The van der Waals surface area contributed by atoms with Gasteiger partial charge in [-0.3, -0.25) is 9.69 Å². The van der Waals surface area contributed by atoms with Gasteiger partial charge in [0.25, 0.3) is 0 Å². The zero-order valence-electron chi connectivity index (χ0n) is 13.4. The zero-order chi connectivity index (χ0) is 15.1. The summed E-state index contributed by atoms with van der Waals surface area (Å²) < 4.78 is 0. The summed E-state index contributed by atoms with van der Waals surface area (Å²) in [6.07, 6.45) is 4.53. The fourth-order valence-electron chi connectivity index (χ4n) is 3.09. The van der Waals surface area contributed by atoms with Crippen LogP contribution in [0, 0.1) is 0 Å². The van der Waals surface area contributed by atoms with Crippen LogP contribution in [0.3, 0.4) is 0 Å². The molecule has 0 saturated carbocycles. The Hall–Kier alpha value is -1.19. The van der Waals surface area contributed by atoms with E-state index < -0.39 is 0 Å². The molecular formula is C18H28N2O. The number of nitrogens with one attached hydrogen (secondary N) is 1. The van der Waals surface area contributed by atoms with Gasteiger partial charge in [0.2, 0.25) is 0 Å². The van der Waals surface area contributed by atoms with Crippen LogP contribution in [0.5, 0.6) is 0 Å². The summed E-state index contributed by atoms with van der Waals surface area (Å²) in [6.45, 7) is 7.97. The second-order valence-corrected chi connectivity index (χ2v) is 5.91. The molecule has 2 rings (SSSR count). The van der Waals surface area contributed by atoms with E-state index in [9.17, 15) is 4.79 Å². The second-order valence-electron chi connectivity index (χ2n) is 5.91. The second kappa shape index (κ2) is 8.30. The van der Waals surface area contributed by atoms with Crippen molar-refractivity contribution in [3.05, 3.63) is 35.4 Å². The Morgan fingerprint density at radius 3 is 2.43 bits per heavy atom. The highest BCUT2D eigenvalue weighted by molar-refractivity contribution is 5.97. The largest absolute Gasteiger partial charge is 0.317 e. The molecule has 0 unspecified atom stereocenters. The van der Waals surface area contributed by atoms with Crippen LogP contribution in [0.4, 0.5) is 0 Å². The molecule has 0 aliphatic carbocycles. The number of ketones is 1. The van der Waals surface area contributed by atoms with Crippen LogP contribution >= 0.6 is 0 Å². The van der Waals surface area contributed by atoms with Gasteiger partial charge in [-0.05, 0) is 44.5 Å². The van der Waals surface area contributed by atoms with Crippen molar-refractivity contribution in [3.63, 3.8) is 0 Å². The Kier molecular flexibility index (Phi) is 6.40. The Morgan fingerprint density at radius 2 is 1.86 bits per heavy atom. The molecule has 1 aromatic rings. The van der Waals surface area contributed by atoms with Crippen molar-refractivity contribution in [2.45, 2.75) is 45.6 Å². The minimum Gasteiger partial charge on any atom is -0.317 e. The van der Waals surface area contributed by atoms with Crippen molar-refractivity contribution in [1.82, 2.24) is 10.2 Å². The summed E-state index contributed by atoms with van der Waals surface area (Å²) in [4.78, 5) is 14.8. The quantitative estimate of drug-likeness (QED) is 0.783. The molecule has 21 heavy (non-hydrogen) atoms. The van der Waals surface area contributed by atoms with E-state index in [4.69, 9.17) is 0 Å². The lowest BCUT2D eigenvalue weighted by atomic mass is 10.0. The maximum Gasteiger partial charge on any atom is 0.176 e.